The van der Waals surface area contributed by atoms with Crippen LogP contribution in [0.2, 0.25) is 0 Å². The Morgan fingerprint density at radius 1 is 1.24 bits per heavy atom. The molecule has 0 heterocycles. The lowest BCUT2D eigenvalue weighted by atomic mass is 10.1. The molecule has 3 nitrogen and oxygen atoms in total. The fraction of sp³-hybridized carbons (Fsp3) is 0.429. The summed E-state index contributed by atoms with van der Waals surface area (Å²) in [5.74, 6) is 0. The second-order valence-corrected chi connectivity index (χ2v) is 4.06. The molecule has 0 atom stereocenters. The van der Waals surface area contributed by atoms with E-state index in [0.29, 0.717) is 0 Å². The molecule has 17 heavy (non-hydrogen) atoms. The minimum Gasteiger partial charge on any atom is -0.446 e. The first-order valence-corrected chi connectivity index (χ1v) is 6.08. The van der Waals surface area contributed by atoms with Crippen LogP contribution in [0.15, 0.2) is 24.3 Å². The third-order valence-electron chi connectivity index (χ3n) is 2.65. The van der Waals surface area contributed by atoms with E-state index in [1.54, 1.807) is 0 Å². The Balaban J connectivity index is 2.36. The maximum atomic E-state index is 10.9. The van der Waals surface area contributed by atoms with Gasteiger partial charge in [-0.25, -0.2) is 4.79 Å². The zero-order valence-corrected chi connectivity index (χ0v) is 10.4. The van der Waals surface area contributed by atoms with Crippen LogP contribution in [0.3, 0.4) is 0 Å². The third kappa shape index (κ3) is 5.38. The summed E-state index contributed by atoms with van der Waals surface area (Å²) >= 11 is 0. The van der Waals surface area contributed by atoms with Crippen molar-refractivity contribution >= 4 is 11.8 Å². The van der Waals surface area contributed by atoms with Crippen molar-refractivity contribution in [2.24, 2.45) is 0 Å². The Morgan fingerprint density at radius 3 is 2.53 bits per heavy atom. The van der Waals surface area contributed by atoms with Crippen LogP contribution in [0.1, 0.15) is 38.2 Å². The van der Waals surface area contributed by atoms with E-state index in [1.807, 2.05) is 24.3 Å². The number of aryl methyl sites for hydroxylation is 1. The van der Waals surface area contributed by atoms with Crippen molar-refractivity contribution < 1.29 is 9.53 Å². The van der Waals surface area contributed by atoms with Crippen molar-refractivity contribution in [3.8, 4) is 0 Å². The van der Waals surface area contributed by atoms with Gasteiger partial charge >= 0.3 is 6.09 Å². The van der Waals surface area contributed by atoms with Crippen LogP contribution < -0.4 is 5.32 Å². The van der Waals surface area contributed by atoms with Crippen LogP contribution in [0, 0.1) is 7.11 Å². The van der Waals surface area contributed by atoms with Gasteiger partial charge in [-0.15, -0.1) is 0 Å². The van der Waals surface area contributed by atoms with E-state index in [4.69, 9.17) is 0 Å². The van der Waals surface area contributed by atoms with Crippen molar-refractivity contribution in [1.29, 1.82) is 0 Å². The second kappa shape index (κ2) is 7.71. The van der Waals surface area contributed by atoms with Crippen LogP contribution in [0.5, 0.6) is 0 Å². The van der Waals surface area contributed by atoms with E-state index in [-0.39, 0.29) is 0 Å². The summed E-state index contributed by atoms with van der Waals surface area (Å²) in [6, 6.07) is 7.83. The van der Waals surface area contributed by atoms with Gasteiger partial charge in [-0.1, -0.05) is 38.3 Å². The Labute approximate surface area is 103 Å². The summed E-state index contributed by atoms with van der Waals surface area (Å²) in [4.78, 5) is 10.9. The summed E-state index contributed by atoms with van der Waals surface area (Å²) in [6.07, 6.45) is 5.62. The van der Waals surface area contributed by atoms with Crippen molar-refractivity contribution in [2.45, 2.75) is 39.0 Å². The van der Waals surface area contributed by atoms with E-state index in [1.165, 1.54) is 31.2 Å². The molecule has 0 unspecified atom stereocenters. The molecule has 1 aromatic carbocycles. The monoisotopic (exact) mass is 234 g/mol. The average Bonchev–Trinajstić information content (AvgIpc) is 2.36. The number of anilines is 1. The lowest BCUT2D eigenvalue weighted by Gasteiger charge is -2.05. The molecule has 1 amide bonds. The number of ether oxygens (including phenoxy) is 1. The topological polar surface area (TPSA) is 38.3 Å². The van der Waals surface area contributed by atoms with Crippen LogP contribution in [0.4, 0.5) is 10.5 Å². The number of unbranched alkanes of at least 4 members (excludes halogenated alkanes) is 3. The maximum absolute atomic E-state index is 10.9. The number of rotatable bonds is 6. The quantitative estimate of drug-likeness (QED) is 0.751. The fourth-order valence-electron chi connectivity index (χ4n) is 1.66. The van der Waals surface area contributed by atoms with Gasteiger partial charge in [0.25, 0.3) is 0 Å². The molecule has 3 heteroatoms. The van der Waals surface area contributed by atoms with Crippen molar-refractivity contribution in [2.75, 3.05) is 5.32 Å². The summed E-state index contributed by atoms with van der Waals surface area (Å²) in [7, 11) is 3.05. The first-order valence-electron chi connectivity index (χ1n) is 6.08. The second-order valence-electron chi connectivity index (χ2n) is 4.06. The zero-order valence-electron chi connectivity index (χ0n) is 10.4. The van der Waals surface area contributed by atoms with Gasteiger partial charge in [-0.2, -0.15) is 0 Å². The maximum Gasteiger partial charge on any atom is 0.411 e. The molecule has 0 spiro atoms. The molecule has 1 rings (SSSR count). The number of hydrogen-bond donors (Lipinski definition) is 1. The lowest BCUT2D eigenvalue weighted by Crippen LogP contribution is -2.09. The van der Waals surface area contributed by atoms with E-state index >= 15 is 0 Å². The van der Waals surface area contributed by atoms with Gasteiger partial charge in [-0.05, 0) is 30.5 Å². The Bertz CT molecular complexity index is 333. The highest BCUT2D eigenvalue weighted by atomic mass is 16.5. The standard InChI is InChI=1S/C14H20NO2/c1-3-4-5-6-7-12-8-10-13(11-9-12)15-14(16)17-2/h8-11H,2-7H2,1H3,(H,15,16). The molecule has 0 aromatic heterocycles. The number of hydrogen-bond acceptors (Lipinski definition) is 2. The molecule has 0 saturated carbocycles. The molecule has 0 saturated heterocycles. The molecule has 0 fully saturated rings. The molecule has 0 bridgehead atoms. The normalized spacial score (nSPS) is 10.0. The Kier molecular flexibility index (Phi) is 6.15. The molecule has 93 valence electrons. The molecule has 1 N–H and O–H groups in total. The van der Waals surface area contributed by atoms with Crippen molar-refractivity contribution in [3.63, 3.8) is 0 Å². The molecule has 0 aliphatic carbocycles. The Morgan fingerprint density at radius 2 is 1.94 bits per heavy atom. The molecular weight excluding hydrogens is 214 g/mol. The van der Waals surface area contributed by atoms with Crippen molar-refractivity contribution in [3.05, 3.63) is 36.9 Å². The highest BCUT2D eigenvalue weighted by Crippen LogP contribution is 2.12. The summed E-state index contributed by atoms with van der Waals surface area (Å²) in [5, 5.41) is 2.57. The highest BCUT2D eigenvalue weighted by molar-refractivity contribution is 5.84. The van der Waals surface area contributed by atoms with E-state index in [0.717, 1.165) is 12.1 Å². The largest absolute Gasteiger partial charge is 0.446 e. The number of amides is 1. The molecule has 1 aromatic rings. The fourth-order valence-corrected chi connectivity index (χ4v) is 1.66. The van der Waals surface area contributed by atoms with Gasteiger partial charge in [0.05, 0.1) is 0 Å². The van der Waals surface area contributed by atoms with Crippen LogP contribution in [-0.4, -0.2) is 6.09 Å². The van der Waals surface area contributed by atoms with Gasteiger partial charge in [0.2, 0.25) is 0 Å². The van der Waals surface area contributed by atoms with Gasteiger partial charge in [0, 0.05) is 5.69 Å². The van der Waals surface area contributed by atoms with Gasteiger partial charge in [0.15, 0.2) is 0 Å². The zero-order chi connectivity index (χ0) is 12.5. The number of benzene rings is 1. The van der Waals surface area contributed by atoms with Gasteiger partial charge < -0.3 is 4.74 Å². The van der Waals surface area contributed by atoms with Crippen molar-refractivity contribution in [1.82, 2.24) is 0 Å². The summed E-state index contributed by atoms with van der Waals surface area (Å²) in [5.41, 5.74) is 2.03. The molecular formula is C14H20NO2. The minimum atomic E-state index is -0.541. The first kappa shape index (κ1) is 13.6. The minimum absolute atomic E-state index is 0.541. The number of carbonyl (C=O) groups excluding carboxylic acids is 1. The van der Waals surface area contributed by atoms with Crippen LogP contribution in [-0.2, 0) is 11.2 Å². The SMILES string of the molecule is [CH2]OC(=O)Nc1ccc(CCCCCC)cc1. The molecule has 0 aliphatic rings. The van der Waals surface area contributed by atoms with E-state index in [9.17, 15) is 4.79 Å². The molecule has 1 radical (unpaired) electrons. The predicted molar refractivity (Wildman–Crippen MR) is 69.7 cm³/mol. The van der Waals surface area contributed by atoms with E-state index in [2.05, 4.69) is 24.1 Å². The third-order valence-corrected chi connectivity index (χ3v) is 2.65. The predicted octanol–water partition coefficient (Wildman–Crippen LogP) is 4.15. The first-order chi connectivity index (χ1) is 8.26. The highest BCUT2D eigenvalue weighted by Gasteiger charge is 2.00. The number of nitrogens with one attached hydrogen (secondary N) is 1. The van der Waals surface area contributed by atoms with E-state index < -0.39 is 6.09 Å². The summed E-state index contributed by atoms with van der Waals surface area (Å²) < 4.78 is 4.28. The Hall–Kier alpha value is -1.51. The smallest absolute Gasteiger partial charge is 0.411 e. The van der Waals surface area contributed by atoms with Gasteiger partial charge in [-0.3, -0.25) is 5.32 Å². The van der Waals surface area contributed by atoms with Crippen LogP contribution in [0.25, 0.3) is 0 Å². The average molecular weight is 234 g/mol. The van der Waals surface area contributed by atoms with Crippen LogP contribution >= 0.6 is 0 Å². The molecule has 0 aliphatic heterocycles. The van der Waals surface area contributed by atoms with Gasteiger partial charge in [0.1, 0.15) is 7.11 Å². The summed E-state index contributed by atoms with van der Waals surface area (Å²) in [6.45, 7) is 2.21. The number of carbonyl (C=O) groups is 1. The lowest BCUT2D eigenvalue weighted by molar-refractivity contribution is 0.199.